The van der Waals surface area contributed by atoms with E-state index in [4.69, 9.17) is 0 Å². The maximum absolute atomic E-state index is 12.4. The van der Waals surface area contributed by atoms with E-state index in [2.05, 4.69) is 10.3 Å². The van der Waals surface area contributed by atoms with Crippen LogP contribution in [-0.4, -0.2) is 15.3 Å². The highest BCUT2D eigenvalue weighted by Gasteiger charge is 2.12. The van der Waals surface area contributed by atoms with Crippen LogP contribution in [0.1, 0.15) is 21.5 Å². The second-order valence-electron chi connectivity index (χ2n) is 5.18. The molecule has 3 aromatic rings. The Hall–Kier alpha value is -2.95. The maximum Gasteiger partial charge on any atom is 0.281 e. The Labute approximate surface area is 127 Å². The van der Waals surface area contributed by atoms with E-state index in [-0.39, 0.29) is 17.2 Å². The maximum atomic E-state index is 12.4. The summed E-state index contributed by atoms with van der Waals surface area (Å²) in [6, 6.07) is 10.9. The highest BCUT2D eigenvalue weighted by Crippen LogP contribution is 2.10. The molecule has 0 radical (unpaired) electrons. The number of fused-ring (bicyclic) bond motifs is 1. The third kappa shape index (κ3) is 2.48. The van der Waals surface area contributed by atoms with Crippen molar-refractivity contribution in [2.75, 3.05) is 5.32 Å². The van der Waals surface area contributed by atoms with Crippen LogP contribution < -0.4 is 10.9 Å². The smallest absolute Gasteiger partial charge is 0.281 e. The molecule has 22 heavy (non-hydrogen) atoms. The van der Waals surface area contributed by atoms with Gasteiger partial charge in [0, 0.05) is 11.8 Å². The Morgan fingerprint density at radius 1 is 1.14 bits per heavy atom. The second kappa shape index (κ2) is 5.44. The fourth-order valence-electron chi connectivity index (χ4n) is 2.29. The molecule has 0 spiro atoms. The summed E-state index contributed by atoms with van der Waals surface area (Å²) in [7, 11) is 0. The van der Waals surface area contributed by atoms with Crippen molar-refractivity contribution >= 4 is 17.2 Å². The fraction of sp³-hybridized carbons (Fsp3) is 0.118. The first kappa shape index (κ1) is 14.0. The molecule has 110 valence electrons. The topological polar surface area (TPSA) is 63.5 Å². The standard InChI is InChI=1S/C17H15N3O2/c1-11-7-8-15-18-9-14(17(22)20(15)10-11)19-16(21)13-6-4-3-5-12(13)2/h3-10H,1-2H3,(H,19,21). The minimum atomic E-state index is -0.315. The molecule has 2 heterocycles. The van der Waals surface area contributed by atoms with Gasteiger partial charge in [0.1, 0.15) is 11.3 Å². The number of benzene rings is 1. The summed E-state index contributed by atoms with van der Waals surface area (Å²) in [5.74, 6) is -0.315. The zero-order chi connectivity index (χ0) is 15.7. The first-order valence-corrected chi connectivity index (χ1v) is 6.91. The summed E-state index contributed by atoms with van der Waals surface area (Å²) < 4.78 is 1.43. The molecule has 0 aliphatic rings. The summed E-state index contributed by atoms with van der Waals surface area (Å²) in [5, 5.41) is 2.64. The first-order chi connectivity index (χ1) is 10.6. The molecular weight excluding hydrogens is 278 g/mol. The summed E-state index contributed by atoms with van der Waals surface area (Å²) >= 11 is 0. The Morgan fingerprint density at radius 2 is 1.91 bits per heavy atom. The van der Waals surface area contributed by atoms with Crippen LogP contribution >= 0.6 is 0 Å². The zero-order valence-electron chi connectivity index (χ0n) is 12.3. The van der Waals surface area contributed by atoms with E-state index >= 15 is 0 Å². The molecule has 0 fully saturated rings. The number of aromatic nitrogens is 2. The van der Waals surface area contributed by atoms with E-state index in [0.717, 1.165) is 11.1 Å². The third-order valence-electron chi connectivity index (χ3n) is 3.49. The van der Waals surface area contributed by atoms with Crippen molar-refractivity contribution in [3.63, 3.8) is 0 Å². The number of hydrogen-bond donors (Lipinski definition) is 1. The molecule has 1 aromatic carbocycles. The van der Waals surface area contributed by atoms with Crippen molar-refractivity contribution < 1.29 is 4.79 Å². The molecule has 1 amide bonds. The molecule has 1 N–H and O–H groups in total. The number of amides is 1. The lowest BCUT2D eigenvalue weighted by Gasteiger charge is -2.08. The minimum absolute atomic E-state index is 0.163. The molecule has 0 unspecified atom stereocenters. The van der Waals surface area contributed by atoms with Crippen LogP contribution in [0.2, 0.25) is 0 Å². The normalized spacial score (nSPS) is 10.6. The number of carbonyl (C=O) groups excluding carboxylic acids is 1. The van der Waals surface area contributed by atoms with Gasteiger partial charge in [0.15, 0.2) is 0 Å². The van der Waals surface area contributed by atoms with Crippen molar-refractivity contribution in [2.45, 2.75) is 13.8 Å². The van der Waals surface area contributed by atoms with Gasteiger partial charge >= 0.3 is 0 Å². The first-order valence-electron chi connectivity index (χ1n) is 6.91. The molecular formula is C17H15N3O2. The van der Waals surface area contributed by atoms with Gasteiger partial charge in [0.25, 0.3) is 11.5 Å². The minimum Gasteiger partial charge on any atom is -0.316 e. The van der Waals surface area contributed by atoms with Crippen LogP contribution in [0.3, 0.4) is 0 Å². The number of anilines is 1. The zero-order valence-corrected chi connectivity index (χ0v) is 12.3. The molecule has 5 nitrogen and oxygen atoms in total. The fourth-order valence-corrected chi connectivity index (χ4v) is 2.29. The van der Waals surface area contributed by atoms with Crippen LogP contribution in [0, 0.1) is 13.8 Å². The Morgan fingerprint density at radius 3 is 2.68 bits per heavy atom. The van der Waals surface area contributed by atoms with Gasteiger partial charge in [-0.3, -0.25) is 14.0 Å². The third-order valence-corrected chi connectivity index (χ3v) is 3.49. The highest BCUT2D eigenvalue weighted by atomic mass is 16.2. The second-order valence-corrected chi connectivity index (χ2v) is 5.18. The highest BCUT2D eigenvalue weighted by molar-refractivity contribution is 6.05. The van der Waals surface area contributed by atoms with E-state index in [1.165, 1.54) is 10.6 Å². The summed E-state index contributed by atoms with van der Waals surface area (Å²) in [6.07, 6.45) is 3.09. The van der Waals surface area contributed by atoms with Crippen molar-refractivity contribution in [2.24, 2.45) is 0 Å². The molecule has 0 aliphatic carbocycles. The van der Waals surface area contributed by atoms with Gasteiger partial charge in [-0.1, -0.05) is 24.3 Å². The average molecular weight is 293 g/mol. The van der Waals surface area contributed by atoms with Crippen LogP contribution in [0.5, 0.6) is 0 Å². The summed E-state index contributed by atoms with van der Waals surface area (Å²) in [4.78, 5) is 28.9. The van der Waals surface area contributed by atoms with Gasteiger partial charge in [0.05, 0.1) is 6.20 Å². The molecule has 0 bridgehead atoms. The quantitative estimate of drug-likeness (QED) is 0.790. The average Bonchev–Trinajstić information content (AvgIpc) is 2.51. The molecule has 0 aliphatic heterocycles. The molecule has 0 saturated carbocycles. The molecule has 3 rings (SSSR count). The van der Waals surface area contributed by atoms with E-state index in [1.807, 2.05) is 32.0 Å². The van der Waals surface area contributed by atoms with E-state index in [0.29, 0.717) is 11.2 Å². The molecule has 0 saturated heterocycles. The number of aryl methyl sites for hydroxylation is 2. The van der Waals surface area contributed by atoms with E-state index in [9.17, 15) is 9.59 Å². The number of hydrogen-bond acceptors (Lipinski definition) is 3. The van der Waals surface area contributed by atoms with Gasteiger partial charge in [-0.2, -0.15) is 0 Å². The monoisotopic (exact) mass is 293 g/mol. The largest absolute Gasteiger partial charge is 0.316 e. The molecule has 2 aromatic heterocycles. The van der Waals surface area contributed by atoms with Crippen molar-refractivity contribution in [1.82, 2.24) is 9.38 Å². The number of carbonyl (C=O) groups is 1. The van der Waals surface area contributed by atoms with Crippen LogP contribution in [0.15, 0.2) is 53.6 Å². The number of rotatable bonds is 2. The Kier molecular flexibility index (Phi) is 3.47. The number of nitrogens with one attached hydrogen (secondary N) is 1. The van der Waals surface area contributed by atoms with E-state index in [1.54, 1.807) is 24.4 Å². The van der Waals surface area contributed by atoms with Gasteiger partial charge < -0.3 is 5.32 Å². The molecule has 0 atom stereocenters. The predicted octanol–water partition coefficient (Wildman–Crippen LogP) is 2.56. The molecule has 5 heteroatoms. The number of nitrogens with zero attached hydrogens (tertiary/aromatic N) is 2. The van der Waals surface area contributed by atoms with Gasteiger partial charge in [-0.25, -0.2) is 4.98 Å². The lowest BCUT2D eigenvalue weighted by molar-refractivity contribution is 0.102. The van der Waals surface area contributed by atoms with Crippen molar-refractivity contribution in [1.29, 1.82) is 0 Å². The SMILES string of the molecule is Cc1ccc2ncc(NC(=O)c3ccccc3C)c(=O)n2c1. The Bertz CT molecular complexity index is 929. The summed E-state index contributed by atoms with van der Waals surface area (Å²) in [5.41, 5.74) is 2.75. The lowest BCUT2D eigenvalue weighted by atomic mass is 10.1. The lowest BCUT2D eigenvalue weighted by Crippen LogP contribution is -2.23. The van der Waals surface area contributed by atoms with Gasteiger partial charge in [0.2, 0.25) is 0 Å². The van der Waals surface area contributed by atoms with Crippen molar-refractivity contribution in [3.8, 4) is 0 Å². The van der Waals surface area contributed by atoms with Crippen LogP contribution in [0.25, 0.3) is 5.65 Å². The van der Waals surface area contributed by atoms with Gasteiger partial charge in [-0.05, 0) is 37.1 Å². The predicted molar refractivity (Wildman–Crippen MR) is 85.3 cm³/mol. The van der Waals surface area contributed by atoms with Gasteiger partial charge in [-0.15, -0.1) is 0 Å². The van der Waals surface area contributed by atoms with Crippen LogP contribution in [-0.2, 0) is 0 Å². The van der Waals surface area contributed by atoms with Crippen molar-refractivity contribution in [3.05, 3.63) is 75.8 Å². The summed E-state index contributed by atoms with van der Waals surface area (Å²) in [6.45, 7) is 3.74. The Balaban J connectivity index is 2.01. The van der Waals surface area contributed by atoms with E-state index < -0.39 is 0 Å². The number of pyridine rings is 1. The van der Waals surface area contributed by atoms with Crippen LogP contribution in [0.4, 0.5) is 5.69 Å².